The third-order valence-electron chi connectivity index (χ3n) is 0.228. The molecular formula is C2H7CoN2. The quantitative estimate of drug-likeness (QED) is 0.487. The fourth-order valence-electron chi connectivity index (χ4n) is 0.0481. The van der Waals surface area contributed by atoms with E-state index in [1.807, 2.05) is 0 Å². The summed E-state index contributed by atoms with van der Waals surface area (Å²) in [6.45, 7) is 1.43. The summed E-state index contributed by atoms with van der Waals surface area (Å²) in [4.78, 5) is 0. The van der Waals surface area contributed by atoms with Gasteiger partial charge in [0.1, 0.15) is 0 Å². The van der Waals surface area contributed by atoms with Gasteiger partial charge >= 0.3 is 39.1 Å². The van der Waals surface area contributed by atoms with Crippen LogP contribution in [0.25, 0.3) is 0 Å². The van der Waals surface area contributed by atoms with Crippen LogP contribution < -0.4 is 10.1 Å². The van der Waals surface area contributed by atoms with Crippen molar-refractivity contribution in [1.29, 1.82) is 0 Å². The van der Waals surface area contributed by atoms with Gasteiger partial charge in [-0.05, 0) is 0 Å². The van der Waals surface area contributed by atoms with Crippen molar-refractivity contribution in [2.45, 2.75) is 0 Å². The van der Waals surface area contributed by atoms with Crippen molar-refractivity contribution < 1.29 is 16.0 Å². The Labute approximate surface area is 39.9 Å². The minimum absolute atomic E-state index is 0.655. The van der Waals surface area contributed by atoms with Crippen molar-refractivity contribution in [3.63, 3.8) is 0 Å². The van der Waals surface area contributed by atoms with Crippen LogP contribution in [-0.4, -0.2) is 13.1 Å². The Kier molecular flexibility index (Phi) is 4.80. The first-order valence-corrected chi connectivity index (χ1v) is 1.95. The second-order valence-electron chi connectivity index (χ2n) is 0.657. The maximum atomic E-state index is 5.03. The van der Waals surface area contributed by atoms with E-state index in [2.05, 4.69) is 20.3 Å². The van der Waals surface area contributed by atoms with Crippen molar-refractivity contribution in [2.24, 2.45) is 5.73 Å². The van der Waals surface area contributed by atoms with Crippen molar-refractivity contribution in [2.75, 3.05) is 13.1 Å². The zero-order valence-corrected chi connectivity index (χ0v) is 3.87. The normalized spacial score (nSPS) is 8.60. The number of nitrogens with two attached hydrogens (primary N) is 1. The molecule has 0 fully saturated rings. The summed E-state index contributed by atoms with van der Waals surface area (Å²) < 4.78 is 2.58. The standard InChI is InChI=1S/C2H7N2.Co/c3-1-2-4;/h3H,1-2,4H2;/q-1;+1. The summed E-state index contributed by atoms with van der Waals surface area (Å²) in [5, 5.41) is 0. The molecule has 0 heterocycles. The molecule has 34 valence electrons. The van der Waals surface area contributed by atoms with Gasteiger partial charge in [0.15, 0.2) is 0 Å². The Balaban J connectivity index is 2.19. The third-order valence-corrected chi connectivity index (χ3v) is 0.488. The molecule has 0 saturated carbocycles. The summed E-state index contributed by atoms with van der Waals surface area (Å²) >= 11 is 3.71. The van der Waals surface area contributed by atoms with E-state index in [0.29, 0.717) is 6.54 Å². The van der Waals surface area contributed by atoms with Crippen molar-refractivity contribution in [3.05, 3.63) is 0 Å². The number of rotatable bonds is 2. The molecule has 0 amide bonds. The fraction of sp³-hybridized carbons (Fsp3) is 1.00. The van der Waals surface area contributed by atoms with Gasteiger partial charge in [0.05, 0.1) is 0 Å². The Morgan fingerprint density at radius 1 is 1.80 bits per heavy atom. The Bertz CT molecular complexity index is 15.1. The van der Waals surface area contributed by atoms with Crippen LogP contribution in [0.15, 0.2) is 0 Å². The Morgan fingerprint density at radius 2 is 2.40 bits per heavy atom. The van der Waals surface area contributed by atoms with Crippen LogP contribution in [0.5, 0.6) is 0 Å². The van der Waals surface area contributed by atoms with Gasteiger partial charge in [-0.3, -0.25) is 0 Å². The van der Waals surface area contributed by atoms with Crippen LogP contribution >= 0.6 is 0 Å². The summed E-state index contributed by atoms with van der Waals surface area (Å²) in [6.07, 6.45) is 0. The monoisotopic (exact) mass is 118 g/mol. The molecule has 3 N–H and O–H groups in total. The van der Waals surface area contributed by atoms with Gasteiger partial charge in [-0.25, -0.2) is 0 Å². The molecule has 0 spiro atoms. The molecule has 3 heteroatoms. The van der Waals surface area contributed by atoms with Crippen molar-refractivity contribution in [1.82, 2.24) is 4.37 Å². The van der Waals surface area contributed by atoms with Crippen LogP contribution in [0.4, 0.5) is 0 Å². The van der Waals surface area contributed by atoms with Crippen molar-refractivity contribution >= 4 is 0 Å². The Morgan fingerprint density at radius 3 is 2.40 bits per heavy atom. The van der Waals surface area contributed by atoms with Crippen molar-refractivity contribution in [3.8, 4) is 0 Å². The third kappa shape index (κ3) is 4.43. The molecule has 0 radical (unpaired) electrons. The van der Waals surface area contributed by atoms with Gasteiger partial charge in [0.25, 0.3) is 0 Å². The molecule has 0 aromatic carbocycles. The molecule has 0 bridgehead atoms. The number of hydrogen-bond donors (Lipinski definition) is 2. The first kappa shape index (κ1) is 5.43. The molecule has 0 aliphatic carbocycles. The van der Waals surface area contributed by atoms with E-state index in [9.17, 15) is 0 Å². The fourth-order valence-corrected chi connectivity index (χ4v) is 0.198. The summed E-state index contributed by atoms with van der Waals surface area (Å²) in [6, 6.07) is 0. The molecule has 0 rings (SSSR count). The van der Waals surface area contributed by atoms with E-state index in [1.165, 1.54) is 0 Å². The molecule has 5 heavy (non-hydrogen) atoms. The second kappa shape index (κ2) is 4.43. The van der Waals surface area contributed by atoms with Crippen LogP contribution in [0.3, 0.4) is 0 Å². The van der Waals surface area contributed by atoms with Crippen LogP contribution in [-0.2, 0) is 16.0 Å². The molecule has 2 nitrogen and oxygen atoms in total. The summed E-state index contributed by atoms with van der Waals surface area (Å²) in [5.74, 6) is 0. The first-order chi connectivity index (χ1) is 2.41. The minimum atomic E-state index is 0.655. The van der Waals surface area contributed by atoms with Gasteiger partial charge in [0, 0.05) is 0 Å². The van der Waals surface area contributed by atoms with E-state index >= 15 is 0 Å². The van der Waals surface area contributed by atoms with Gasteiger partial charge in [-0.1, -0.05) is 0 Å². The SMILES string of the molecule is NCC[NH][Co]. The molecule has 0 aliphatic heterocycles. The van der Waals surface area contributed by atoms with E-state index in [0.717, 1.165) is 6.54 Å². The molecule has 0 aromatic heterocycles. The molecule has 0 atom stereocenters. The topological polar surface area (TPSA) is 38.0 Å². The van der Waals surface area contributed by atoms with Crippen LogP contribution in [0.2, 0.25) is 0 Å². The average molecular weight is 118 g/mol. The number of nitrogens with one attached hydrogen (secondary N) is 1. The number of hydrogen-bond acceptors (Lipinski definition) is 2. The van der Waals surface area contributed by atoms with Crippen LogP contribution in [0.1, 0.15) is 0 Å². The molecule has 0 aliphatic rings. The molecule has 0 unspecified atom stereocenters. The van der Waals surface area contributed by atoms with Crippen LogP contribution in [0, 0.1) is 0 Å². The summed E-state index contributed by atoms with van der Waals surface area (Å²) in [5.41, 5.74) is 5.03. The zero-order valence-electron chi connectivity index (χ0n) is 2.82. The second-order valence-corrected chi connectivity index (χ2v) is 1.02. The van der Waals surface area contributed by atoms with Gasteiger partial charge < -0.3 is 0 Å². The first-order valence-electron chi connectivity index (χ1n) is 1.43. The van der Waals surface area contributed by atoms with E-state index < -0.39 is 0 Å². The molecular weight excluding hydrogens is 111 g/mol. The summed E-state index contributed by atoms with van der Waals surface area (Å²) in [7, 11) is 0. The maximum absolute atomic E-state index is 5.03. The molecule has 0 saturated heterocycles. The van der Waals surface area contributed by atoms with E-state index in [-0.39, 0.29) is 0 Å². The average Bonchev–Trinajstić information content (AvgIpc) is 1.41. The van der Waals surface area contributed by atoms with Gasteiger partial charge in [0.2, 0.25) is 0 Å². The van der Waals surface area contributed by atoms with Gasteiger partial charge in [-0.15, -0.1) is 0 Å². The Hall–Kier alpha value is 0.426. The van der Waals surface area contributed by atoms with Gasteiger partial charge in [-0.2, -0.15) is 0 Å². The predicted octanol–water partition coefficient (Wildman–Crippen LogP) is -1.00. The van der Waals surface area contributed by atoms with E-state index in [4.69, 9.17) is 5.73 Å². The predicted molar refractivity (Wildman–Crippen MR) is 17.1 cm³/mol. The van der Waals surface area contributed by atoms with E-state index in [1.54, 1.807) is 0 Å². The molecule has 0 aromatic rings. The zero-order chi connectivity index (χ0) is 4.12.